The number of amides is 1. The summed E-state index contributed by atoms with van der Waals surface area (Å²) < 4.78 is 14.7. The lowest BCUT2D eigenvalue weighted by molar-refractivity contribution is 0.0556. The highest BCUT2D eigenvalue weighted by Gasteiger charge is 2.38. The molecule has 2 fully saturated rings. The number of aliphatic imine (C=N–C) groups is 1. The zero-order valence-electron chi connectivity index (χ0n) is 20.2. The number of likely N-dealkylation sites (tertiary alicyclic amines) is 2. The average Bonchev–Trinajstić information content (AvgIpc) is 3.51. The molecule has 0 radical (unpaired) electrons. The molecule has 3 unspecified atom stereocenters. The largest absolute Gasteiger partial charge is 0.355 e. The molecule has 3 atom stereocenters. The fourth-order valence-corrected chi connectivity index (χ4v) is 6.08. The van der Waals surface area contributed by atoms with Crippen molar-refractivity contribution >= 4 is 23.5 Å². The minimum Gasteiger partial charge on any atom is -0.355 e. The lowest BCUT2D eigenvalue weighted by Crippen LogP contribution is -2.54. The summed E-state index contributed by atoms with van der Waals surface area (Å²) >= 11 is 1.61. The number of carbonyl (C=O) groups is 1. The minimum absolute atomic E-state index is 0.0448. The number of nitriles is 1. The van der Waals surface area contributed by atoms with E-state index in [0.29, 0.717) is 13.1 Å². The number of hydrazine groups is 1. The van der Waals surface area contributed by atoms with E-state index in [1.807, 2.05) is 30.0 Å². The van der Waals surface area contributed by atoms with Gasteiger partial charge in [0.25, 0.3) is 5.91 Å². The molecule has 4 aliphatic rings. The number of halogens is 1. The molecule has 9 heteroatoms. The number of carbonyl (C=O) groups excluding carboxylic acids is 1. The number of nitrogens with one attached hydrogen (secondary N) is 1. The van der Waals surface area contributed by atoms with Crippen LogP contribution in [0.3, 0.4) is 0 Å². The number of nitrogens with zero attached hydrogens (tertiary/aromatic N) is 5. The third-order valence-electron chi connectivity index (χ3n) is 7.13. The first-order valence-corrected chi connectivity index (χ1v) is 13.4. The Bertz CT molecular complexity index is 1140. The van der Waals surface area contributed by atoms with Gasteiger partial charge in [-0.3, -0.25) is 9.80 Å². The van der Waals surface area contributed by atoms with E-state index in [1.165, 1.54) is 6.07 Å². The van der Waals surface area contributed by atoms with E-state index in [2.05, 4.69) is 22.5 Å². The fraction of sp³-hybridized carbons (Fsp3) is 0.500. The Labute approximate surface area is 210 Å². The van der Waals surface area contributed by atoms with Gasteiger partial charge in [0, 0.05) is 36.3 Å². The molecule has 1 aromatic rings. The molecule has 1 amide bonds. The maximum absolute atomic E-state index is 14.7. The summed E-state index contributed by atoms with van der Waals surface area (Å²) in [6, 6.07) is 7.00. The van der Waals surface area contributed by atoms with Gasteiger partial charge in [-0.05, 0) is 62.6 Å². The average molecular weight is 495 g/mol. The van der Waals surface area contributed by atoms with Crippen molar-refractivity contribution in [3.8, 4) is 6.07 Å². The van der Waals surface area contributed by atoms with Crippen LogP contribution in [0.2, 0.25) is 0 Å². The van der Waals surface area contributed by atoms with Gasteiger partial charge in [0.05, 0.1) is 29.6 Å². The third kappa shape index (κ3) is 4.69. The summed E-state index contributed by atoms with van der Waals surface area (Å²) in [6.07, 6.45) is 7.76. The smallest absolute Gasteiger partial charge is 0.257 e. The Hall–Kier alpha value is -2.83. The first kappa shape index (κ1) is 23.9. The van der Waals surface area contributed by atoms with E-state index in [4.69, 9.17) is 4.99 Å². The van der Waals surface area contributed by atoms with Crippen LogP contribution in [-0.2, 0) is 0 Å². The van der Waals surface area contributed by atoms with Crippen molar-refractivity contribution in [3.63, 3.8) is 0 Å². The quantitative estimate of drug-likeness (QED) is 0.635. The fourth-order valence-electron chi connectivity index (χ4n) is 5.39. The zero-order valence-corrected chi connectivity index (χ0v) is 21.0. The van der Waals surface area contributed by atoms with Crippen LogP contribution in [0, 0.1) is 23.1 Å². The van der Waals surface area contributed by atoms with Crippen molar-refractivity contribution in [2.24, 2.45) is 10.9 Å². The molecule has 0 spiro atoms. The maximum Gasteiger partial charge on any atom is 0.257 e. The second-order valence-electron chi connectivity index (χ2n) is 9.49. The molecule has 0 bridgehead atoms. The van der Waals surface area contributed by atoms with Crippen LogP contribution < -0.4 is 5.43 Å². The summed E-state index contributed by atoms with van der Waals surface area (Å²) in [6.45, 7) is 6.22. The Kier molecular flexibility index (Phi) is 6.85. The van der Waals surface area contributed by atoms with Crippen LogP contribution in [0.1, 0.15) is 49.9 Å². The molecule has 4 heterocycles. The second-order valence-corrected chi connectivity index (χ2v) is 10.8. The topological polar surface area (TPSA) is 75.0 Å². The molecule has 35 heavy (non-hydrogen) atoms. The summed E-state index contributed by atoms with van der Waals surface area (Å²) in [7, 11) is 0. The van der Waals surface area contributed by atoms with E-state index in [-0.39, 0.29) is 29.5 Å². The van der Waals surface area contributed by atoms with Crippen LogP contribution >= 0.6 is 11.8 Å². The van der Waals surface area contributed by atoms with Gasteiger partial charge in [0.1, 0.15) is 17.5 Å². The van der Waals surface area contributed by atoms with Crippen LogP contribution in [0.4, 0.5) is 4.39 Å². The maximum atomic E-state index is 14.7. The first-order valence-electron chi connectivity index (χ1n) is 12.4. The molecule has 1 aromatic carbocycles. The Morgan fingerprint density at radius 3 is 2.94 bits per heavy atom. The van der Waals surface area contributed by atoms with Crippen LogP contribution in [0.15, 0.2) is 51.8 Å². The summed E-state index contributed by atoms with van der Waals surface area (Å²) in [5.41, 5.74) is 4.69. The monoisotopic (exact) mass is 494 g/mol. The predicted octanol–water partition coefficient (Wildman–Crippen LogP) is 4.12. The van der Waals surface area contributed by atoms with E-state index in [9.17, 15) is 14.4 Å². The van der Waals surface area contributed by atoms with E-state index < -0.39 is 5.82 Å². The molecular weight excluding hydrogens is 463 g/mol. The molecule has 0 saturated carbocycles. The number of piperidine rings is 1. The van der Waals surface area contributed by atoms with Gasteiger partial charge < -0.3 is 9.80 Å². The van der Waals surface area contributed by atoms with Gasteiger partial charge in [-0.1, -0.05) is 6.92 Å². The van der Waals surface area contributed by atoms with E-state index >= 15 is 0 Å². The highest BCUT2D eigenvalue weighted by molar-refractivity contribution is 7.99. The summed E-state index contributed by atoms with van der Waals surface area (Å²) in [4.78, 5) is 23.4. The zero-order chi connectivity index (χ0) is 24.5. The van der Waals surface area contributed by atoms with Crippen molar-refractivity contribution in [2.45, 2.75) is 56.5 Å². The highest BCUT2D eigenvalue weighted by Crippen LogP contribution is 2.31. The van der Waals surface area contributed by atoms with Crippen molar-refractivity contribution in [3.05, 3.63) is 53.2 Å². The highest BCUT2D eigenvalue weighted by atomic mass is 32.2. The first-order chi connectivity index (χ1) is 17.0. The molecule has 184 valence electrons. The second kappa shape index (κ2) is 10.0. The number of amidine groups is 1. The normalized spacial score (nSPS) is 26.2. The SMILES string of the molecule is CCSc1ccc(F)c(C(=O)N2CCCCC2C2C=C3N=C(N4CCC(C#N)C4)C(C)=CN3N2)c1. The van der Waals surface area contributed by atoms with Gasteiger partial charge in [0.2, 0.25) is 0 Å². The molecule has 0 aliphatic carbocycles. The number of hydrogen-bond donors (Lipinski definition) is 1. The van der Waals surface area contributed by atoms with Crippen molar-refractivity contribution in [2.75, 3.05) is 25.4 Å². The van der Waals surface area contributed by atoms with Crippen LogP contribution in [-0.4, -0.2) is 64.0 Å². The van der Waals surface area contributed by atoms with Gasteiger partial charge in [0.15, 0.2) is 0 Å². The molecule has 7 nitrogen and oxygen atoms in total. The lowest BCUT2D eigenvalue weighted by Gasteiger charge is -2.39. The molecule has 0 aromatic heterocycles. The van der Waals surface area contributed by atoms with Gasteiger partial charge in [-0.15, -0.1) is 11.8 Å². The Balaban J connectivity index is 1.38. The third-order valence-corrected chi connectivity index (χ3v) is 8.01. The molecule has 2 saturated heterocycles. The van der Waals surface area contributed by atoms with Crippen molar-refractivity contribution < 1.29 is 9.18 Å². The Morgan fingerprint density at radius 2 is 2.17 bits per heavy atom. The Morgan fingerprint density at radius 1 is 1.31 bits per heavy atom. The molecule has 5 rings (SSSR count). The van der Waals surface area contributed by atoms with Crippen molar-refractivity contribution in [1.82, 2.24) is 20.2 Å². The number of fused-ring (bicyclic) bond motifs is 1. The van der Waals surface area contributed by atoms with Gasteiger partial charge in [-0.25, -0.2) is 14.8 Å². The number of benzene rings is 1. The predicted molar refractivity (Wildman–Crippen MR) is 135 cm³/mol. The number of thioether (sulfide) groups is 1. The van der Waals surface area contributed by atoms with E-state index in [0.717, 1.165) is 60.1 Å². The standard InChI is InChI=1S/C26H31FN6OS/c1-3-35-19-7-8-21(27)20(12-19)26(34)32-10-5-4-6-23(32)22-13-24-29-25(17(2)15-33(24)30-22)31-11-9-18(14-28)16-31/h7-8,12-13,15,18,22-23,30H,3-6,9-11,16H2,1-2H3. The minimum atomic E-state index is -0.469. The lowest BCUT2D eigenvalue weighted by atomic mass is 9.95. The number of rotatable bonds is 4. The van der Waals surface area contributed by atoms with Crippen LogP contribution in [0.25, 0.3) is 0 Å². The van der Waals surface area contributed by atoms with Crippen LogP contribution in [0.5, 0.6) is 0 Å². The summed E-state index contributed by atoms with van der Waals surface area (Å²) in [5, 5.41) is 11.2. The number of hydrogen-bond acceptors (Lipinski definition) is 7. The molecular formula is C26H31FN6OS. The van der Waals surface area contributed by atoms with Gasteiger partial charge in [-0.2, -0.15) is 5.26 Å². The van der Waals surface area contributed by atoms with E-state index in [1.54, 1.807) is 23.9 Å². The molecule has 4 aliphatic heterocycles. The molecule has 1 N–H and O–H groups in total. The van der Waals surface area contributed by atoms with Gasteiger partial charge >= 0.3 is 0 Å². The summed E-state index contributed by atoms with van der Waals surface area (Å²) in [5.74, 6) is 1.92. The van der Waals surface area contributed by atoms with Crippen molar-refractivity contribution in [1.29, 1.82) is 5.26 Å².